The molecule has 3 aliphatic rings. The first-order valence-electron chi connectivity index (χ1n) is 19.3. The van der Waals surface area contributed by atoms with E-state index in [4.69, 9.17) is 28.6 Å². The third kappa shape index (κ3) is 10.9. The van der Waals surface area contributed by atoms with Crippen molar-refractivity contribution >= 4 is 87.7 Å². The molecule has 0 spiro atoms. The van der Waals surface area contributed by atoms with Crippen LogP contribution >= 0.6 is 36.2 Å². The predicted molar refractivity (Wildman–Crippen MR) is 229 cm³/mol. The molecule has 0 bridgehead atoms. The van der Waals surface area contributed by atoms with Gasteiger partial charge >= 0.3 is 6.18 Å². The van der Waals surface area contributed by atoms with Crippen molar-refractivity contribution in [3.8, 4) is 11.8 Å². The predicted octanol–water partition coefficient (Wildman–Crippen LogP) is 6.62. The second-order valence-corrected chi connectivity index (χ2v) is 16.2. The topological polar surface area (TPSA) is 150 Å². The van der Waals surface area contributed by atoms with Crippen molar-refractivity contribution in [3.63, 3.8) is 0 Å². The first-order chi connectivity index (χ1) is 28.7. The molecule has 62 heavy (non-hydrogen) atoms. The summed E-state index contributed by atoms with van der Waals surface area (Å²) in [6.45, 7) is 7.44. The fraction of sp³-hybridized carbons (Fsp3) is 0.415. The number of halogens is 7. The number of nitrogens with one attached hydrogen (secondary N) is 3. The third-order valence-electron chi connectivity index (χ3n) is 10.7. The Balaban J connectivity index is 0.00000726. The van der Waals surface area contributed by atoms with Crippen molar-refractivity contribution in [2.75, 3.05) is 59.8 Å². The number of amides is 4. The van der Waals surface area contributed by atoms with E-state index in [1.54, 1.807) is 24.3 Å². The number of piperidine rings is 1. The maximum absolute atomic E-state index is 13.9. The molecule has 3 saturated heterocycles. The van der Waals surface area contributed by atoms with Gasteiger partial charge < -0.3 is 20.3 Å². The molecular weight excluding hydrogens is 882 g/mol. The van der Waals surface area contributed by atoms with Gasteiger partial charge in [-0.1, -0.05) is 11.6 Å². The van der Waals surface area contributed by atoms with Crippen LogP contribution in [0.2, 0.25) is 5.02 Å². The molecule has 0 radical (unpaired) electrons. The fourth-order valence-corrected chi connectivity index (χ4v) is 8.34. The molecule has 21 heteroatoms. The van der Waals surface area contributed by atoms with Gasteiger partial charge in [0.1, 0.15) is 23.9 Å². The SMILES string of the molecule is CC1CN(CCOc2ccc(N3C(=S)N(c4ccc(C#N)c(C(F)(F)F)c4)C(=O)C3(C)C)cc2CC(F)F)CCN1CC(=O)Nc1cc(Cl)cc(NC2CCC(=O)NC2=O)c1.Cl. The number of benzene rings is 3. The first kappa shape index (κ1) is 47.9. The van der Waals surface area contributed by atoms with Crippen LogP contribution in [0.1, 0.15) is 50.3 Å². The van der Waals surface area contributed by atoms with Gasteiger partial charge in [-0.25, -0.2) is 8.78 Å². The minimum Gasteiger partial charge on any atom is -0.492 e. The minimum absolute atomic E-state index is 0. The van der Waals surface area contributed by atoms with Gasteiger partial charge in [-0.05, 0) is 94.0 Å². The number of thiocarbonyl (C=S) groups is 1. The summed E-state index contributed by atoms with van der Waals surface area (Å²) in [7, 11) is 0. The average Bonchev–Trinajstić information content (AvgIpc) is 3.35. The minimum atomic E-state index is -4.88. The Morgan fingerprint density at radius 3 is 2.44 bits per heavy atom. The zero-order valence-electron chi connectivity index (χ0n) is 33.7. The van der Waals surface area contributed by atoms with Gasteiger partial charge in [-0.3, -0.25) is 39.2 Å². The lowest BCUT2D eigenvalue weighted by Gasteiger charge is -2.39. The molecular formula is C41H43Cl2F5N8O5S. The smallest absolute Gasteiger partial charge is 0.417 e. The van der Waals surface area contributed by atoms with Crippen LogP contribution < -0.4 is 30.5 Å². The zero-order valence-corrected chi connectivity index (χ0v) is 36.0. The molecule has 3 fully saturated rings. The van der Waals surface area contributed by atoms with Crippen molar-refractivity contribution in [1.29, 1.82) is 5.26 Å². The molecule has 0 aliphatic carbocycles. The molecule has 3 heterocycles. The second-order valence-electron chi connectivity index (χ2n) is 15.4. The number of alkyl halides is 5. The van der Waals surface area contributed by atoms with Gasteiger partial charge in [0.2, 0.25) is 24.1 Å². The maximum atomic E-state index is 13.9. The van der Waals surface area contributed by atoms with E-state index < -0.39 is 53.5 Å². The standard InChI is InChI=1S/C41H42ClF5N8O5S.ClH/c1-23-21-52(10-11-53(23)22-36(57)50-28-17-26(42)16-27(18-28)49-32-7-9-35(56)51-37(32)58)12-13-60-33-8-6-30(14-25(33)15-34(43)44)55-39(61)54(38(59)40(55,2)3)29-5-4-24(20-48)31(19-29)41(45,46)47;/h4-6,8,14,16-19,23,32,34,49H,7,9-13,15,21-22H2,1-3H3,(H,50,57)(H,51,56,58);1H. The number of hydrogen-bond donors (Lipinski definition) is 3. The van der Waals surface area contributed by atoms with Gasteiger partial charge in [0.05, 0.1) is 29.4 Å². The highest BCUT2D eigenvalue weighted by Gasteiger charge is 2.51. The summed E-state index contributed by atoms with van der Waals surface area (Å²) in [5.74, 6) is -1.50. The van der Waals surface area contributed by atoms with Crippen LogP contribution in [0.4, 0.5) is 44.7 Å². The Morgan fingerprint density at radius 2 is 1.77 bits per heavy atom. The van der Waals surface area contributed by atoms with Crippen molar-refractivity contribution in [2.45, 2.75) is 70.3 Å². The van der Waals surface area contributed by atoms with Gasteiger partial charge in [-0.2, -0.15) is 18.4 Å². The number of ether oxygens (including phenoxy) is 1. The van der Waals surface area contributed by atoms with Gasteiger partial charge in [0.25, 0.3) is 5.91 Å². The van der Waals surface area contributed by atoms with Crippen molar-refractivity contribution in [3.05, 3.63) is 76.3 Å². The molecule has 3 N–H and O–H groups in total. The van der Waals surface area contributed by atoms with Crippen molar-refractivity contribution in [2.24, 2.45) is 0 Å². The second kappa shape index (κ2) is 19.5. The summed E-state index contributed by atoms with van der Waals surface area (Å²) >= 11 is 11.9. The molecule has 4 amide bonds. The summed E-state index contributed by atoms with van der Waals surface area (Å²) in [6.07, 6.45) is -7.79. The molecule has 3 aliphatic heterocycles. The highest BCUT2D eigenvalue weighted by atomic mass is 35.5. The summed E-state index contributed by atoms with van der Waals surface area (Å²) in [5.41, 5.74) is -2.14. The van der Waals surface area contributed by atoms with Crippen LogP contribution in [0.15, 0.2) is 54.6 Å². The molecule has 332 valence electrons. The van der Waals surface area contributed by atoms with E-state index in [0.29, 0.717) is 55.1 Å². The summed E-state index contributed by atoms with van der Waals surface area (Å²) in [5, 5.41) is 17.6. The van der Waals surface area contributed by atoms with Crippen LogP contribution in [0, 0.1) is 11.3 Å². The van der Waals surface area contributed by atoms with Gasteiger partial charge in [0.15, 0.2) is 5.11 Å². The Bertz CT molecular complexity index is 2280. The third-order valence-corrected chi connectivity index (χ3v) is 11.2. The lowest BCUT2D eigenvalue weighted by atomic mass is 10.0. The number of hydrogen-bond acceptors (Lipinski definition) is 10. The average molecular weight is 926 g/mol. The molecule has 6 rings (SSSR count). The Labute approximate surface area is 370 Å². The molecule has 0 aromatic heterocycles. The Hall–Kier alpha value is -5.13. The van der Waals surface area contributed by atoms with Crippen molar-refractivity contribution < 1.29 is 45.9 Å². The maximum Gasteiger partial charge on any atom is 0.417 e. The van der Waals surface area contributed by atoms with Crippen molar-refractivity contribution in [1.82, 2.24) is 15.1 Å². The number of nitriles is 1. The molecule has 2 atom stereocenters. The molecule has 13 nitrogen and oxygen atoms in total. The van der Waals surface area contributed by atoms with Gasteiger partial charge in [0, 0.05) is 72.7 Å². The van der Waals surface area contributed by atoms with Crippen LogP contribution in [0.5, 0.6) is 5.75 Å². The fourth-order valence-electron chi connectivity index (χ4n) is 7.59. The van der Waals surface area contributed by atoms with E-state index in [0.717, 1.165) is 11.0 Å². The number of anilines is 4. The van der Waals surface area contributed by atoms with Gasteiger partial charge in [-0.15, -0.1) is 12.4 Å². The summed E-state index contributed by atoms with van der Waals surface area (Å²) < 4.78 is 75.1. The van der Waals surface area contributed by atoms with E-state index in [1.807, 2.05) is 11.8 Å². The molecule has 3 aromatic carbocycles. The lowest BCUT2D eigenvalue weighted by molar-refractivity contribution is -0.138. The zero-order chi connectivity index (χ0) is 44.4. The number of rotatable bonds is 13. The monoisotopic (exact) mass is 924 g/mol. The number of imide groups is 1. The summed E-state index contributed by atoms with van der Waals surface area (Å²) in [6, 6.07) is 13.0. The largest absolute Gasteiger partial charge is 0.492 e. The summed E-state index contributed by atoms with van der Waals surface area (Å²) in [4.78, 5) is 56.9. The normalized spacial score (nSPS) is 19.6. The van der Waals surface area contributed by atoms with E-state index in [9.17, 15) is 46.4 Å². The number of carbonyl (C=O) groups excluding carboxylic acids is 4. The highest BCUT2D eigenvalue weighted by Crippen LogP contribution is 2.41. The van der Waals surface area contributed by atoms with Crippen LogP contribution in [-0.2, 0) is 31.8 Å². The molecule has 3 aromatic rings. The number of piperazine rings is 1. The Kier molecular flexibility index (Phi) is 15.1. The van der Waals surface area contributed by atoms with Crippen LogP contribution in [0.25, 0.3) is 0 Å². The number of carbonyl (C=O) groups is 4. The van der Waals surface area contributed by atoms with Crippen LogP contribution in [-0.4, -0.2) is 102 Å². The van der Waals surface area contributed by atoms with E-state index in [2.05, 4.69) is 20.9 Å². The lowest BCUT2D eigenvalue weighted by Crippen LogP contribution is -2.54. The van der Waals surface area contributed by atoms with E-state index >= 15 is 0 Å². The number of nitrogens with zero attached hydrogens (tertiary/aromatic N) is 5. The highest BCUT2D eigenvalue weighted by molar-refractivity contribution is 7.81. The first-order valence-corrected chi connectivity index (χ1v) is 20.0. The van der Waals surface area contributed by atoms with E-state index in [1.165, 1.54) is 43.0 Å². The molecule has 2 unspecified atom stereocenters. The quantitative estimate of drug-likeness (QED) is 0.0966. The molecule has 0 saturated carbocycles. The van der Waals surface area contributed by atoms with E-state index in [-0.39, 0.29) is 77.6 Å². The van der Waals surface area contributed by atoms with Crippen LogP contribution in [0.3, 0.4) is 0 Å². The Morgan fingerprint density at radius 1 is 1.06 bits per heavy atom.